The predicted molar refractivity (Wildman–Crippen MR) is 81.7 cm³/mol. The second-order valence-electron chi connectivity index (χ2n) is 4.90. The lowest BCUT2D eigenvalue weighted by molar-refractivity contribution is -0.121. The number of rotatable bonds is 9. The molecule has 0 fully saturated rings. The van der Waals surface area contributed by atoms with Crippen molar-refractivity contribution in [3.05, 3.63) is 48.3 Å². The van der Waals surface area contributed by atoms with E-state index < -0.39 is 0 Å². The average molecular weight is 320 g/mol. The summed E-state index contributed by atoms with van der Waals surface area (Å²) in [5.41, 5.74) is 0.456. The standard InChI is InChI=1S/C16H20N2O5/c1-21-10-7-18(16(20)13-5-9-22-12-13)6-4-15(19)17-11-14-3-2-8-23-14/h2-3,5,8-9,12H,4,6-7,10-11H2,1H3,(H,17,19). The highest BCUT2D eigenvalue weighted by Gasteiger charge is 2.17. The highest BCUT2D eigenvalue weighted by molar-refractivity contribution is 5.94. The molecule has 0 aliphatic heterocycles. The minimum Gasteiger partial charge on any atom is -0.472 e. The van der Waals surface area contributed by atoms with Gasteiger partial charge in [-0.1, -0.05) is 0 Å². The molecule has 0 aliphatic carbocycles. The van der Waals surface area contributed by atoms with E-state index in [0.717, 1.165) is 0 Å². The number of methoxy groups -OCH3 is 1. The normalized spacial score (nSPS) is 10.5. The molecule has 124 valence electrons. The van der Waals surface area contributed by atoms with E-state index >= 15 is 0 Å². The first kappa shape index (κ1) is 16.8. The summed E-state index contributed by atoms with van der Waals surface area (Å²) in [5, 5.41) is 2.75. The topological polar surface area (TPSA) is 84.9 Å². The van der Waals surface area contributed by atoms with Gasteiger partial charge in [0.2, 0.25) is 5.91 Å². The Kier molecular flexibility index (Phi) is 6.43. The quantitative estimate of drug-likeness (QED) is 0.759. The Labute approximate surface area is 134 Å². The van der Waals surface area contributed by atoms with Crippen LogP contribution in [-0.2, 0) is 16.1 Å². The van der Waals surface area contributed by atoms with Crippen molar-refractivity contribution >= 4 is 11.8 Å². The zero-order valence-electron chi connectivity index (χ0n) is 13.0. The Bertz CT molecular complexity index is 592. The monoisotopic (exact) mass is 320 g/mol. The maximum atomic E-state index is 12.3. The minimum absolute atomic E-state index is 0.149. The average Bonchev–Trinajstić information content (AvgIpc) is 3.25. The molecule has 2 amide bonds. The van der Waals surface area contributed by atoms with Crippen LogP contribution in [0.1, 0.15) is 22.5 Å². The molecule has 0 saturated carbocycles. The van der Waals surface area contributed by atoms with E-state index in [4.69, 9.17) is 13.6 Å². The highest BCUT2D eigenvalue weighted by atomic mass is 16.5. The summed E-state index contributed by atoms with van der Waals surface area (Å²) in [4.78, 5) is 25.8. The van der Waals surface area contributed by atoms with Crippen LogP contribution in [0.2, 0.25) is 0 Å². The first-order valence-electron chi connectivity index (χ1n) is 7.30. The number of furan rings is 2. The Balaban J connectivity index is 1.82. The summed E-state index contributed by atoms with van der Waals surface area (Å²) >= 11 is 0. The second kappa shape index (κ2) is 8.79. The van der Waals surface area contributed by atoms with E-state index in [1.807, 2.05) is 0 Å². The molecule has 0 spiro atoms. The van der Waals surface area contributed by atoms with Crippen molar-refractivity contribution in [3.8, 4) is 0 Å². The lowest BCUT2D eigenvalue weighted by Crippen LogP contribution is -2.37. The molecule has 0 radical (unpaired) electrons. The van der Waals surface area contributed by atoms with Gasteiger partial charge >= 0.3 is 0 Å². The number of carbonyl (C=O) groups excluding carboxylic acids is 2. The van der Waals surface area contributed by atoms with Crippen molar-refractivity contribution < 1.29 is 23.2 Å². The van der Waals surface area contributed by atoms with Crippen LogP contribution in [0.3, 0.4) is 0 Å². The molecule has 23 heavy (non-hydrogen) atoms. The van der Waals surface area contributed by atoms with Crippen LogP contribution < -0.4 is 5.32 Å². The molecule has 2 aromatic rings. The van der Waals surface area contributed by atoms with Gasteiger partial charge in [-0.15, -0.1) is 0 Å². The third kappa shape index (κ3) is 5.30. The molecule has 7 heteroatoms. The molecular weight excluding hydrogens is 300 g/mol. The van der Waals surface area contributed by atoms with Crippen molar-refractivity contribution in [2.75, 3.05) is 26.8 Å². The Morgan fingerprint density at radius 3 is 2.78 bits per heavy atom. The summed E-state index contributed by atoms with van der Waals surface area (Å²) in [7, 11) is 1.57. The number of hydrogen-bond donors (Lipinski definition) is 1. The van der Waals surface area contributed by atoms with Crippen molar-refractivity contribution in [2.24, 2.45) is 0 Å². The van der Waals surface area contributed by atoms with Crippen LogP contribution in [0.4, 0.5) is 0 Å². The smallest absolute Gasteiger partial charge is 0.257 e. The lowest BCUT2D eigenvalue weighted by atomic mass is 10.2. The van der Waals surface area contributed by atoms with Gasteiger partial charge in [-0.05, 0) is 18.2 Å². The maximum absolute atomic E-state index is 12.3. The molecule has 0 atom stereocenters. The zero-order chi connectivity index (χ0) is 16.5. The van der Waals surface area contributed by atoms with Gasteiger partial charge in [0, 0.05) is 26.6 Å². The molecule has 7 nitrogen and oxygen atoms in total. The van der Waals surface area contributed by atoms with Crippen molar-refractivity contribution in [3.63, 3.8) is 0 Å². The Hall–Kier alpha value is -2.54. The summed E-state index contributed by atoms with van der Waals surface area (Å²) in [6.07, 6.45) is 4.59. The van der Waals surface area contributed by atoms with E-state index in [-0.39, 0.29) is 18.2 Å². The molecule has 0 bridgehead atoms. The van der Waals surface area contributed by atoms with Crippen LogP contribution >= 0.6 is 0 Å². The lowest BCUT2D eigenvalue weighted by Gasteiger charge is -2.21. The second-order valence-corrected chi connectivity index (χ2v) is 4.90. The number of nitrogens with one attached hydrogen (secondary N) is 1. The fraction of sp³-hybridized carbons (Fsp3) is 0.375. The number of hydrogen-bond acceptors (Lipinski definition) is 5. The molecule has 0 saturated heterocycles. The SMILES string of the molecule is COCCN(CCC(=O)NCc1ccco1)C(=O)c1ccoc1. The number of nitrogens with zero attached hydrogens (tertiary/aromatic N) is 1. The van der Waals surface area contributed by atoms with E-state index in [2.05, 4.69) is 5.32 Å². The Morgan fingerprint density at radius 2 is 2.13 bits per heavy atom. The highest BCUT2D eigenvalue weighted by Crippen LogP contribution is 2.07. The van der Waals surface area contributed by atoms with Gasteiger partial charge in [0.15, 0.2) is 0 Å². The molecular formula is C16H20N2O5. The van der Waals surface area contributed by atoms with Gasteiger partial charge in [0.1, 0.15) is 12.0 Å². The molecule has 1 N–H and O–H groups in total. The summed E-state index contributed by atoms with van der Waals surface area (Å²) in [6, 6.07) is 5.14. The van der Waals surface area contributed by atoms with E-state index in [1.54, 1.807) is 36.5 Å². The van der Waals surface area contributed by atoms with E-state index in [1.165, 1.54) is 12.5 Å². The summed E-state index contributed by atoms with van der Waals surface area (Å²) < 4.78 is 15.1. The van der Waals surface area contributed by atoms with Gasteiger partial charge in [-0.25, -0.2) is 0 Å². The zero-order valence-corrected chi connectivity index (χ0v) is 13.0. The van der Waals surface area contributed by atoms with Crippen molar-refractivity contribution in [1.82, 2.24) is 10.2 Å². The fourth-order valence-electron chi connectivity index (χ4n) is 2.01. The van der Waals surface area contributed by atoms with Crippen LogP contribution in [-0.4, -0.2) is 43.5 Å². The van der Waals surface area contributed by atoms with Crippen molar-refractivity contribution in [1.29, 1.82) is 0 Å². The number of carbonyl (C=O) groups is 2. The molecule has 2 aromatic heterocycles. The first-order valence-corrected chi connectivity index (χ1v) is 7.30. The Morgan fingerprint density at radius 1 is 1.26 bits per heavy atom. The third-order valence-corrected chi connectivity index (χ3v) is 3.27. The third-order valence-electron chi connectivity index (χ3n) is 3.27. The molecule has 0 unspecified atom stereocenters. The molecule has 2 heterocycles. The minimum atomic E-state index is -0.186. The predicted octanol–water partition coefficient (Wildman–Crippen LogP) is 1.67. The van der Waals surface area contributed by atoms with Crippen molar-refractivity contribution in [2.45, 2.75) is 13.0 Å². The van der Waals surface area contributed by atoms with E-state index in [9.17, 15) is 9.59 Å². The van der Waals surface area contributed by atoms with Gasteiger partial charge in [-0.2, -0.15) is 0 Å². The maximum Gasteiger partial charge on any atom is 0.257 e. The van der Waals surface area contributed by atoms with Crippen LogP contribution in [0.25, 0.3) is 0 Å². The first-order chi connectivity index (χ1) is 11.2. The van der Waals surface area contributed by atoms with Gasteiger partial charge in [-0.3, -0.25) is 9.59 Å². The number of ether oxygens (including phenoxy) is 1. The van der Waals surface area contributed by atoms with Gasteiger partial charge in [0.25, 0.3) is 5.91 Å². The fourth-order valence-corrected chi connectivity index (χ4v) is 2.01. The van der Waals surface area contributed by atoms with Crippen LogP contribution in [0.15, 0.2) is 45.8 Å². The van der Waals surface area contributed by atoms with Gasteiger partial charge in [0.05, 0.1) is 31.2 Å². The molecule has 2 rings (SSSR count). The van der Waals surface area contributed by atoms with Crippen LogP contribution in [0, 0.1) is 0 Å². The van der Waals surface area contributed by atoms with Crippen LogP contribution in [0.5, 0.6) is 0 Å². The van der Waals surface area contributed by atoms with E-state index in [0.29, 0.717) is 37.6 Å². The molecule has 0 aromatic carbocycles. The summed E-state index contributed by atoms with van der Waals surface area (Å²) in [5.74, 6) is 0.350. The largest absolute Gasteiger partial charge is 0.472 e. The molecule has 0 aliphatic rings. The summed E-state index contributed by atoms with van der Waals surface area (Å²) in [6.45, 7) is 1.44. The van der Waals surface area contributed by atoms with Gasteiger partial charge < -0.3 is 23.8 Å². The number of amides is 2.